The van der Waals surface area contributed by atoms with Crippen LogP contribution in [0.4, 0.5) is 5.95 Å². The van der Waals surface area contributed by atoms with Crippen LogP contribution >= 0.6 is 0 Å². The van der Waals surface area contributed by atoms with E-state index in [1.54, 1.807) is 0 Å². The van der Waals surface area contributed by atoms with Crippen LogP contribution in [0.2, 0.25) is 0 Å². The highest BCUT2D eigenvalue weighted by Crippen LogP contribution is 2.30. The molecule has 0 radical (unpaired) electrons. The number of imidazole rings is 1. The molecule has 0 amide bonds. The molecule has 2 aromatic rings. The second-order valence-corrected chi connectivity index (χ2v) is 4.50. The number of nitrogens with two attached hydrogens (primary N) is 1. The van der Waals surface area contributed by atoms with Crippen molar-refractivity contribution in [1.82, 2.24) is 19.5 Å². The first-order valence-corrected chi connectivity index (χ1v) is 5.87. The number of nitrogen functional groups attached to an aromatic ring is 1. The van der Waals surface area contributed by atoms with Crippen LogP contribution in [-0.2, 0) is 4.74 Å². The number of aliphatic hydroxyl groups is 3. The van der Waals surface area contributed by atoms with Crippen LogP contribution in [0.1, 0.15) is 7.65 Å². The number of fused-ring (bicyclic) bond motifs is 1. The van der Waals surface area contributed by atoms with Crippen LogP contribution in [0.5, 0.6) is 0 Å². The Labute approximate surface area is 112 Å². The van der Waals surface area contributed by atoms with E-state index in [-0.39, 0.29) is 18.5 Å². The molecule has 1 saturated heterocycles. The standard InChI is InChI=1S/C10H13N5O5/c11-10-13-7-4(8(19)14-10)12-2-15(7)9-6(18)5(17)3(1-16)20-9/h2-3,5-6,9,16-18H,1H2,(H3,11,13,14,19)/p+1/t3-,5-,6-,9-/m1/s1. The predicted molar refractivity (Wildman–Crippen MR) is 66.7 cm³/mol. The lowest BCUT2D eigenvalue weighted by molar-refractivity contribution is -0.0511. The van der Waals surface area contributed by atoms with E-state index in [4.69, 9.17) is 15.6 Å². The van der Waals surface area contributed by atoms with E-state index in [1.807, 2.05) is 0 Å². The average Bonchev–Trinajstić information content (AvgIpc) is 2.93. The van der Waals surface area contributed by atoms with Crippen molar-refractivity contribution in [2.24, 2.45) is 0 Å². The van der Waals surface area contributed by atoms with Crippen molar-refractivity contribution < 1.29 is 21.5 Å². The third kappa shape index (κ3) is 1.78. The van der Waals surface area contributed by atoms with Crippen LogP contribution < -0.4 is 11.3 Å². The number of aromatic nitrogens is 4. The normalized spacial score (nSPS) is 30.1. The van der Waals surface area contributed by atoms with Gasteiger partial charge >= 0.3 is 1.43 Å². The minimum absolute atomic E-state index is 0. The molecule has 0 unspecified atom stereocenters. The van der Waals surface area contributed by atoms with Crippen LogP contribution in [0, 0.1) is 0 Å². The molecule has 1 aliphatic heterocycles. The van der Waals surface area contributed by atoms with Crippen molar-refractivity contribution in [2.75, 3.05) is 12.3 Å². The molecule has 0 spiro atoms. The monoisotopic (exact) mass is 284 g/mol. The number of H-pyrrole nitrogens is 1. The second-order valence-electron chi connectivity index (χ2n) is 4.50. The number of aliphatic hydroxyl groups excluding tert-OH is 3. The molecule has 20 heavy (non-hydrogen) atoms. The summed E-state index contributed by atoms with van der Waals surface area (Å²) in [4.78, 5) is 21.8. The van der Waals surface area contributed by atoms with Crippen molar-refractivity contribution in [3.8, 4) is 0 Å². The van der Waals surface area contributed by atoms with Gasteiger partial charge in [0.25, 0.3) is 5.56 Å². The molecule has 10 heteroatoms. The number of nitrogens with one attached hydrogen (secondary N) is 1. The van der Waals surface area contributed by atoms with Gasteiger partial charge in [0.1, 0.15) is 18.3 Å². The number of hydrogen-bond donors (Lipinski definition) is 5. The quantitative estimate of drug-likeness (QED) is 0.402. The van der Waals surface area contributed by atoms with Gasteiger partial charge < -0.3 is 25.8 Å². The number of nitrogens with zero attached hydrogens (tertiary/aromatic N) is 3. The lowest BCUT2D eigenvalue weighted by Crippen LogP contribution is -2.33. The molecule has 10 nitrogen and oxygen atoms in total. The lowest BCUT2D eigenvalue weighted by atomic mass is 10.1. The summed E-state index contributed by atoms with van der Waals surface area (Å²) >= 11 is 0. The summed E-state index contributed by atoms with van der Waals surface area (Å²) in [5.41, 5.74) is 5.12. The third-order valence-corrected chi connectivity index (χ3v) is 3.24. The molecule has 1 aliphatic rings. The largest absolute Gasteiger partial charge is 1.00 e. The Morgan fingerprint density at radius 1 is 1.50 bits per heavy atom. The van der Waals surface area contributed by atoms with Crippen molar-refractivity contribution >= 4 is 17.1 Å². The Balaban J connectivity index is 0.00000161. The smallest absolute Gasteiger partial charge is 0.394 e. The van der Waals surface area contributed by atoms with Gasteiger partial charge in [0.2, 0.25) is 5.95 Å². The molecule has 0 bridgehead atoms. The summed E-state index contributed by atoms with van der Waals surface area (Å²) in [7, 11) is 0. The Bertz CT molecular complexity index is 703. The fraction of sp³-hybridized carbons (Fsp3) is 0.500. The number of hydrogen-bond acceptors (Lipinski definition) is 8. The molecule has 3 heterocycles. The maximum absolute atomic E-state index is 11.7. The molecule has 0 aliphatic carbocycles. The molecular formula is C10H14N5O5+. The molecule has 4 atom stereocenters. The van der Waals surface area contributed by atoms with Crippen molar-refractivity contribution in [3.05, 3.63) is 16.7 Å². The van der Waals surface area contributed by atoms with Gasteiger partial charge in [0, 0.05) is 0 Å². The van der Waals surface area contributed by atoms with E-state index in [0.717, 1.165) is 0 Å². The van der Waals surface area contributed by atoms with Crippen molar-refractivity contribution in [1.29, 1.82) is 0 Å². The van der Waals surface area contributed by atoms with Gasteiger partial charge in [-0.3, -0.25) is 14.3 Å². The summed E-state index contributed by atoms with van der Waals surface area (Å²) in [6, 6.07) is 0. The molecule has 0 saturated carbocycles. The molecule has 108 valence electrons. The second kappa shape index (κ2) is 4.52. The van der Waals surface area contributed by atoms with Gasteiger partial charge in [0.15, 0.2) is 17.4 Å². The molecule has 6 N–H and O–H groups in total. The Morgan fingerprint density at radius 3 is 2.90 bits per heavy atom. The summed E-state index contributed by atoms with van der Waals surface area (Å²) in [6.45, 7) is -0.447. The van der Waals surface area contributed by atoms with Gasteiger partial charge in [-0.2, -0.15) is 4.98 Å². The predicted octanol–water partition coefficient (Wildman–Crippen LogP) is -2.57. The Kier molecular flexibility index (Phi) is 2.94. The van der Waals surface area contributed by atoms with Gasteiger partial charge in [-0.1, -0.05) is 0 Å². The van der Waals surface area contributed by atoms with Crippen LogP contribution in [0.15, 0.2) is 11.1 Å². The third-order valence-electron chi connectivity index (χ3n) is 3.24. The zero-order chi connectivity index (χ0) is 14.4. The fourth-order valence-electron chi connectivity index (χ4n) is 2.24. The topological polar surface area (TPSA) is 160 Å². The van der Waals surface area contributed by atoms with E-state index in [2.05, 4.69) is 15.0 Å². The number of rotatable bonds is 2. The van der Waals surface area contributed by atoms with E-state index in [9.17, 15) is 15.0 Å². The minimum atomic E-state index is -1.29. The maximum Gasteiger partial charge on any atom is 1.00 e. The van der Waals surface area contributed by atoms with Crippen LogP contribution in [0.3, 0.4) is 0 Å². The van der Waals surface area contributed by atoms with E-state index in [0.29, 0.717) is 0 Å². The number of anilines is 1. The number of aromatic amines is 1. The van der Waals surface area contributed by atoms with Crippen molar-refractivity contribution in [2.45, 2.75) is 24.5 Å². The van der Waals surface area contributed by atoms with Crippen LogP contribution in [-0.4, -0.2) is 59.8 Å². The first-order chi connectivity index (χ1) is 9.52. The zero-order valence-corrected chi connectivity index (χ0v) is 10.2. The highest BCUT2D eigenvalue weighted by molar-refractivity contribution is 5.70. The SMILES string of the molecule is Nc1nc2c(ncn2[C@@H]2O[C@H](CO)[C@@H](O)[C@H]2O)c(=O)[nH]1.[H+]. The summed E-state index contributed by atoms with van der Waals surface area (Å²) in [6.07, 6.45) is -3.21. The first kappa shape index (κ1) is 13.0. The molecule has 2 aromatic heterocycles. The van der Waals surface area contributed by atoms with Gasteiger partial charge in [0.05, 0.1) is 12.9 Å². The van der Waals surface area contributed by atoms with E-state index >= 15 is 0 Å². The minimum Gasteiger partial charge on any atom is -0.394 e. The van der Waals surface area contributed by atoms with E-state index < -0.39 is 36.7 Å². The highest BCUT2D eigenvalue weighted by Gasteiger charge is 2.44. The van der Waals surface area contributed by atoms with Gasteiger partial charge in [-0.25, -0.2) is 4.98 Å². The molecule has 3 rings (SSSR count). The van der Waals surface area contributed by atoms with Gasteiger partial charge in [-0.05, 0) is 0 Å². The maximum atomic E-state index is 11.7. The lowest BCUT2D eigenvalue weighted by Gasteiger charge is -2.16. The fourth-order valence-corrected chi connectivity index (χ4v) is 2.24. The Hall–Kier alpha value is -2.01. The van der Waals surface area contributed by atoms with E-state index in [1.165, 1.54) is 10.9 Å². The summed E-state index contributed by atoms with van der Waals surface area (Å²) in [5.74, 6) is -0.101. The highest BCUT2D eigenvalue weighted by atomic mass is 16.6. The average molecular weight is 284 g/mol. The summed E-state index contributed by atoms with van der Waals surface area (Å²) < 4.78 is 6.64. The zero-order valence-electron chi connectivity index (χ0n) is 11.2. The Morgan fingerprint density at radius 2 is 2.25 bits per heavy atom. The molecular weight excluding hydrogens is 270 g/mol. The van der Waals surface area contributed by atoms with Crippen LogP contribution in [0.25, 0.3) is 11.2 Å². The first-order valence-electron chi connectivity index (χ1n) is 5.87. The van der Waals surface area contributed by atoms with Crippen molar-refractivity contribution in [3.63, 3.8) is 0 Å². The van der Waals surface area contributed by atoms with Gasteiger partial charge in [-0.15, -0.1) is 0 Å². The molecule has 0 aromatic carbocycles. The molecule has 1 fully saturated rings. The number of ether oxygens (including phenoxy) is 1. The summed E-state index contributed by atoms with van der Waals surface area (Å²) in [5, 5.41) is 28.7.